The Morgan fingerprint density at radius 2 is 1.89 bits per heavy atom. The monoisotopic (exact) mass is 282 g/mol. The van der Waals surface area contributed by atoms with E-state index in [9.17, 15) is 8.78 Å². The van der Waals surface area contributed by atoms with Gasteiger partial charge in [0.2, 0.25) is 0 Å². The van der Waals surface area contributed by atoms with Crippen LogP contribution in [0.25, 0.3) is 0 Å². The maximum atomic E-state index is 13.6. The van der Waals surface area contributed by atoms with Gasteiger partial charge in [0, 0.05) is 11.1 Å². The number of nitrogens with two attached hydrogens (primary N) is 1. The van der Waals surface area contributed by atoms with E-state index in [1.54, 1.807) is 12.1 Å². The Labute approximate surface area is 115 Å². The van der Waals surface area contributed by atoms with Gasteiger partial charge in [-0.1, -0.05) is 35.9 Å². The van der Waals surface area contributed by atoms with Crippen molar-refractivity contribution in [1.29, 1.82) is 0 Å². The van der Waals surface area contributed by atoms with Gasteiger partial charge in [-0.3, -0.25) is 11.3 Å². The lowest BCUT2D eigenvalue weighted by molar-refractivity contribution is 0.522. The van der Waals surface area contributed by atoms with Crippen molar-refractivity contribution < 1.29 is 8.78 Å². The molecule has 5 heteroatoms. The zero-order chi connectivity index (χ0) is 13.8. The molecule has 0 saturated carbocycles. The summed E-state index contributed by atoms with van der Waals surface area (Å²) in [4.78, 5) is 0. The molecular weight excluding hydrogens is 270 g/mol. The highest BCUT2D eigenvalue weighted by atomic mass is 35.5. The Kier molecular flexibility index (Phi) is 4.47. The molecule has 0 aliphatic heterocycles. The smallest absolute Gasteiger partial charge is 0.129 e. The van der Waals surface area contributed by atoms with E-state index >= 15 is 0 Å². The SMILES string of the molecule is NNC(Cc1ccc(F)cc1F)c1ccccc1Cl. The maximum absolute atomic E-state index is 13.6. The second kappa shape index (κ2) is 6.10. The molecule has 0 radical (unpaired) electrons. The molecule has 1 unspecified atom stereocenters. The first-order valence-corrected chi connectivity index (χ1v) is 6.14. The highest BCUT2D eigenvalue weighted by Crippen LogP contribution is 2.26. The van der Waals surface area contributed by atoms with Crippen LogP contribution in [0.5, 0.6) is 0 Å². The van der Waals surface area contributed by atoms with Gasteiger partial charge in [-0.2, -0.15) is 0 Å². The zero-order valence-corrected chi connectivity index (χ0v) is 10.8. The van der Waals surface area contributed by atoms with Gasteiger partial charge < -0.3 is 0 Å². The molecule has 0 amide bonds. The lowest BCUT2D eigenvalue weighted by Crippen LogP contribution is -2.30. The van der Waals surface area contributed by atoms with Crippen LogP contribution in [-0.4, -0.2) is 0 Å². The number of hydrogen-bond acceptors (Lipinski definition) is 2. The van der Waals surface area contributed by atoms with Crippen LogP contribution in [0.3, 0.4) is 0 Å². The summed E-state index contributed by atoms with van der Waals surface area (Å²) < 4.78 is 26.5. The summed E-state index contributed by atoms with van der Waals surface area (Å²) in [7, 11) is 0. The second-order valence-electron chi connectivity index (χ2n) is 4.18. The number of halogens is 3. The van der Waals surface area contributed by atoms with Crippen molar-refractivity contribution >= 4 is 11.6 Å². The van der Waals surface area contributed by atoms with Crippen LogP contribution in [0.4, 0.5) is 8.78 Å². The van der Waals surface area contributed by atoms with Crippen LogP contribution in [0.1, 0.15) is 17.2 Å². The van der Waals surface area contributed by atoms with Gasteiger partial charge in [-0.25, -0.2) is 8.78 Å². The number of nitrogens with one attached hydrogen (secondary N) is 1. The molecule has 100 valence electrons. The summed E-state index contributed by atoms with van der Waals surface area (Å²) in [6.07, 6.45) is 0.284. The molecule has 0 saturated heterocycles. The molecule has 0 aliphatic rings. The van der Waals surface area contributed by atoms with Crippen molar-refractivity contribution in [2.45, 2.75) is 12.5 Å². The first-order chi connectivity index (χ1) is 9.11. The molecule has 19 heavy (non-hydrogen) atoms. The van der Waals surface area contributed by atoms with Gasteiger partial charge in [0.05, 0.1) is 6.04 Å². The quantitative estimate of drug-likeness (QED) is 0.666. The minimum Gasteiger partial charge on any atom is -0.271 e. The summed E-state index contributed by atoms with van der Waals surface area (Å²) in [5.41, 5.74) is 3.76. The fourth-order valence-corrected chi connectivity index (χ4v) is 2.19. The van der Waals surface area contributed by atoms with E-state index in [0.717, 1.165) is 11.6 Å². The van der Waals surface area contributed by atoms with E-state index < -0.39 is 11.6 Å². The predicted octanol–water partition coefficient (Wildman–Crippen LogP) is 3.37. The van der Waals surface area contributed by atoms with E-state index in [0.29, 0.717) is 10.6 Å². The lowest BCUT2D eigenvalue weighted by atomic mass is 9.99. The second-order valence-corrected chi connectivity index (χ2v) is 4.59. The number of rotatable bonds is 4. The molecule has 0 spiro atoms. The van der Waals surface area contributed by atoms with Gasteiger partial charge in [0.25, 0.3) is 0 Å². The molecule has 2 rings (SSSR count). The van der Waals surface area contributed by atoms with Crippen LogP contribution < -0.4 is 11.3 Å². The van der Waals surface area contributed by atoms with Crippen molar-refractivity contribution in [3.63, 3.8) is 0 Å². The summed E-state index contributed by atoms with van der Waals surface area (Å²) in [5.74, 6) is 4.31. The number of hydrazine groups is 1. The Morgan fingerprint density at radius 3 is 2.53 bits per heavy atom. The molecule has 0 heterocycles. The summed E-state index contributed by atoms with van der Waals surface area (Å²) in [6.45, 7) is 0. The van der Waals surface area contributed by atoms with Gasteiger partial charge in [0.1, 0.15) is 11.6 Å². The standard InChI is InChI=1S/C14H13ClF2N2/c15-12-4-2-1-3-11(12)14(19-18)7-9-5-6-10(16)8-13(9)17/h1-6,8,14,19H,7,18H2. The van der Waals surface area contributed by atoms with Crippen LogP contribution in [-0.2, 0) is 6.42 Å². The van der Waals surface area contributed by atoms with Crippen LogP contribution in [0.2, 0.25) is 5.02 Å². The Morgan fingerprint density at radius 1 is 1.16 bits per heavy atom. The third-order valence-corrected chi connectivity index (χ3v) is 3.27. The van der Waals surface area contributed by atoms with E-state index in [-0.39, 0.29) is 12.5 Å². The normalized spacial score (nSPS) is 12.4. The topological polar surface area (TPSA) is 38.0 Å². The Bertz CT molecular complexity index is 575. The molecule has 1 atom stereocenters. The van der Waals surface area contributed by atoms with E-state index in [2.05, 4.69) is 5.43 Å². The van der Waals surface area contributed by atoms with Gasteiger partial charge in [-0.05, 0) is 29.7 Å². The third-order valence-electron chi connectivity index (χ3n) is 2.92. The molecule has 3 N–H and O–H groups in total. The van der Waals surface area contributed by atoms with Crippen molar-refractivity contribution in [3.05, 3.63) is 70.2 Å². The van der Waals surface area contributed by atoms with Crippen molar-refractivity contribution in [2.75, 3.05) is 0 Å². The first-order valence-electron chi connectivity index (χ1n) is 5.76. The fraction of sp³-hybridized carbons (Fsp3) is 0.143. The van der Waals surface area contributed by atoms with E-state index in [4.69, 9.17) is 17.4 Å². The molecule has 2 aromatic rings. The third kappa shape index (κ3) is 3.29. The first kappa shape index (κ1) is 13.9. The van der Waals surface area contributed by atoms with Gasteiger partial charge >= 0.3 is 0 Å². The molecule has 0 aliphatic carbocycles. The van der Waals surface area contributed by atoms with Crippen LogP contribution in [0, 0.1) is 11.6 Å². The van der Waals surface area contributed by atoms with Crippen molar-refractivity contribution in [3.8, 4) is 0 Å². The predicted molar refractivity (Wildman–Crippen MR) is 71.6 cm³/mol. The fourth-order valence-electron chi connectivity index (χ4n) is 1.92. The Balaban J connectivity index is 2.27. The summed E-state index contributed by atoms with van der Waals surface area (Å²) >= 11 is 6.08. The van der Waals surface area contributed by atoms with E-state index in [1.807, 2.05) is 12.1 Å². The minimum absolute atomic E-state index is 0.284. The molecule has 2 aromatic carbocycles. The lowest BCUT2D eigenvalue weighted by Gasteiger charge is -2.18. The van der Waals surface area contributed by atoms with Gasteiger partial charge in [-0.15, -0.1) is 0 Å². The average molecular weight is 283 g/mol. The van der Waals surface area contributed by atoms with Crippen molar-refractivity contribution in [1.82, 2.24) is 5.43 Å². The molecule has 0 bridgehead atoms. The van der Waals surface area contributed by atoms with Gasteiger partial charge in [0.15, 0.2) is 0 Å². The molecule has 0 fully saturated rings. The average Bonchev–Trinajstić information content (AvgIpc) is 2.39. The van der Waals surface area contributed by atoms with Crippen LogP contribution in [0.15, 0.2) is 42.5 Å². The Hall–Kier alpha value is -1.49. The molecule has 2 nitrogen and oxygen atoms in total. The summed E-state index contributed by atoms with van der Waals surface area (Å²) in [5, 5.41) is 0.549. The number of hydrogen-bond donors (Lipinski definition) is 2. The highest BCUT2D eigenvalue weighted by Gasteiger charge is 2.15. The highest BCUT2D eigenvalue weighted by molar-refractivity contribution is 6.31. The largest absolute Gasteiger partial charge is 0.271 e. The molecule has 0 aromatic heterocycles. The van der Waals surface area contributed by atoms with E-state index in [1.165, 1.54) is 12.1 Å². The number of benzene rings is 2. The zero-order valence-electron chi connectivity index (χ0n) is 10.0. The van der Waals surface area contributed by atoms with Crippen LogP contribution >= 0.6 is 11.6 Å². The minimum atomic E-state index is -0.601. The summed E-state index contributed by atoms with van der Waals surface area (Å²) in [6, 6.07) is 10.3. The molecular formula is C14H13ClF2N2. The van der Waals surface area contributed by atoms with Crippen molar-refractivity contribution in [2.24, 2.45) is 5.84 Å². The maximum Gasteiger partial charge on any atom is 0.129 e.